The van der Waals surface area contributed by atoms with Crippen molar-refractivity contribution in [3.63, 3.8) is 0 Å². The molecule has 0 bridgehead atoms. The summed E-state index contributed by atoms with van der Waals surface area (Å²) in [7, 11) is 4.64. The maximum absolute atomic E-state index is 12.7. The summed E-state index contributed by atoms with van der Waals surface area (Å²) in [5, 5.41) is 0. The van der Waals surface area contributed by atoms with Crippen LogP contribution in [-0.4, -0.2) is 64.5 Å². The summed E-state index contributed by atoms with van der Waals surface area (Å²) in [5.41, 5.74) is 2.30. The van der Waals surface area contributed by atoms with Crippen molar-refractivity contribution >= 4 is 11.9 Å². The first-order chi connectivity index (χ1) is 15.5. The van der Waals surface area contributed by atoms with Crippen LogP contribution in [0, 0.1) is 0 Å². The second-order valence-electron chi connectivity index (χ2n) is 7.32. The zero-order valence-corrected chi connectivity index (χ0v) is 18.3. The second kappa shape index (κ2) is 9.25. The first kappa shape index (κ1) is 21.6. The predicted molar refractivity (Wildman–Crippen MR) is 113 cm³/mol. The van der Waals surface area contributed by atoms with Crippen molar-refractivity contribution in [2.75, 3.05) is 47.7 Å². The van der Waals surface area contributed by atoms with Gasteiger partial charge in [-0.15, -0.1) is 0 Å². The van der Waals surface area contributed by atoms with Gasteiger partial charge in [0.15, 0.2) is 29.6 Å². The van der Waals surface area contributed by atoms with E-state index in [1.807, 2.05) is 12.1 Å². The van der Waals surface area contributed by atoms with Gasteiger partial charge in [-0.2, -0.15) is 0 Å². The van der Waals surface area contributed by atoms with Crippen molar-refractivity contribution < 1.29 is 38.0 Å². The van der Waals surface area contributed by atoms with E-state index in [0.717, 1.165) is 11.1 Å². The summed E-state index contributed by atoms with van der Waals surface area (Å²) in [5.74, 6) is 1.59. The smallest absolute Gasteiger partial charge is 0.338 e. The molecule has 0 fully saturated rings. The average Bonchev–Trinajstić information content (AvgIpc) is 2.84. The number of rotatable bonds is 6. The molecular weight excluding hydrogens is 418 g/mol. The van der Waals surface area contributed by atoms with Gasteiger partial charge in [0.25, 0.3) is 5.91 Å². The Morgan fingerprint density at radius 1 is 0.906 bits per heavy atom. The molecule has 0 aliphatic carbocycles. The van der Waals surface area contributed by atoms with Gasteiger partial charge in [-0.25, -0.2) is 4.79 Å². The van der Waals surface area contributed by atoms with Crippen LogP contribution in [0.1, 0.15) is 21.5 Å². The predicted octanol–water partition coefficient (Wildman–Crippen LogP) is 2.23. The molecule has 0 aromatic heterocycles. The molecule has 170 valence electrons. The van der Waals surface area contributed by atoms with E-state index >= 15 is 0 Å². The molecule has 0 N–H and O–H groups in total. The Morgan fingerprint density at radius 2 is 1.59 bits per heavy atom. The highest BCUT2D eigenvalue weighted by molar-refractivity contribution is 5.93. The summed E-state index contributed by atoms with van der Waals surface area (Å²) < 4.78 is 32.3. The lowest BCUT2D eigenvalue weighted by atomic mass is 9.99. The summed E-state index contributed by atoms with van der Waals surface area (Å²) in [6.45, 7) is 1.35. The lowest BCUT2D eigenvalue weighted by Gasteiger charge is -2.29. The first-order valence-electron chi connectivity index (χ1n) is 10.2. The van der Waals surface area contributed by atoms with Crippen molar-refractivity contribution in [2.45, 2.75) is 13.0 Å². The van der Waals surface area contributed by atoms with Crippen LogP contribution in [0.4, 0.5) is 0 Å². The maximum Gasteiger partial charge on any atom is 0.338 e. The van der Waals surface area contributed by atoms with E-state index in [-0.39, 0.29) is 18.1 Å². The van der Waals surface area contributed by atoms with Crippen LogP contribution in [0.2, 0.25) is 0 Å². The number of methoxy groups -OCH3 is 3. The highest BCUT2D eigenvalue weighted by atomic mass is 16.6. The van der Waals surface area contributed by atoms with Gasteiger partial charge in [-0.3, -0.25) is 4.79 Å². The van der Waals surface area contributed by atoms with Gasteiger partial charge in [-0.05, 0) is 41.8 Å². The minimum atomic E-state index is -0.641. The minimum absolute atomic E-state index is 0.222. The van der Waals surface area contributed by atoms with Crippen molar-refractivity contribution in [1.29, 1.82) is 0 Å². The summed E-state index contributed by atoms with van der Waals surface area (Å²) >= 11 is 0. The number of benzene rings is 2. The molecule has 32 heavy (non-hydrogen) atoms. The SMILES string of the molecule is COc1cc2c(cc1OC)CN(C(=O)COC(=O)c1cc(OC)c3c(c1)OCCO3)CC2. The topological polar surface area (TPSA) is 92.8 Å². The van der Waals surface area contributed by atoms with E-state index in [1.54, 1.807) is 19.1 Å². The zero-order valence-electron chi connectivity index (χ0n) is 18.3. The number of carbonyl (C=O) groups excluding carboxylic acids is 2. The maximum atomic E-state index is 12.7. The highest BCUT2D eigenvalue weighted by Crippen LogP contribution is 2.40. The Balaban J connectivity index is 1.41. The average molecular weight is 443 g/mol. The van der Waals surface area contributed by atoms with Crippen LogP contribution in [0.25, 0.3) is 0 Å². The van der Waals surface area contributed by atoms with E-state index in [2.05, 4.69) is 0 Å². The Hall–Kier alpha value is -3.62. The van der Waals surface area contributed by atoms with Gasteiger partial charge < -0.3 is 33.3 Å². The molecule has 0 saturated heterocycles. The van der Waals surface area contributed by atoms with Crippen LogP contribution in [0.15, 0.2) is 24.3 Å². The standard InChI is InChI=1S/C23H25NO8/c1-27-17-8-14-4-5-24(12-16(14)11-18(17)28-2)21(25)13-32-23(26)15-9-19(29-3)22-20(10-15)30-6-7-31-22/h8-11H,4-7,12-13H2,1-3H3. The number of hydrogen-bond acceptors (Lipinski definition) is 8. The Bertz CT molecular complexity index is 1020. The molecule has 0 spiro atoms. The number of nitrogens with zero attached hydrogens (tertiary/aromatic N) is 1. The summed E-state index contributed by atoms with van der Waals surface area (Å²) in [6, 6.07) is 6.85. The van der Waals surface area contributed by atoms with E-state index in [1.165, 1.54) is 19.2 Å². The van der Waals surface area contributed by atoms with E-state index in [9.17, 15) is 9.59 Å². The Morgan fingerprint density at radius 3 is 2.31 bits per heavy atom. The third-order valence-corrected chi connectivity index (χ3v) is 5.46. The monoisotopic (exact) mass is 443 g/mol. The third-order valence-electron chi connectivity index (χ3n) is 5.46. The van der Waals surface area contributed by atoms with E-state index in [0.29, 0.717) is 61.5 Å². The zero-order chi connectivity index (χ0) is 22.7. The molecule has 2 heterocycles. The lowest BCUT2D eigenvalue weighted by Crippen LogP contribution is -2.38. The molecule has 9 heteroatoms. The third kappa shape index (κ3) is 4.23. The molecule has 2 aliphatic heterocycles. The van der Waals surface area contributed by atoms with E-state index < -0.39 is 5.97 Å². The molecule has 2 aliphatic rings. The Kier molecular flexibility index (Phi) is 6.25. The molecule has 0 unspecified atom stereocenters. The molecular formula is C23H25NO8. The van der Waals surface area contributed by atoms with Gasteiger partial charge in [0.05, 0.1) is 26.9 Å². The van der Waals surface area contributed by atoms with Crippen LogP contribution < -0.4 is 23.7 Å². The van der Waals surface area contributed by atoms with Crippen molar-refractivity contribution in [1.82, 2.24) is 4.90 Å². The summed E-state index contributed by atoms with van der Waals surface area (Å²) in [6.07, 6.45) is 0.675. The first-order valence-corrected chi connectivity index (χ1v) is 10.2. The van der Waals surface area contributed by atoms with Crippen molar-refractivity contribution in [2.24, 2.45) is 0 Å². The fourth-order valence-electron chi connectivity index (χ4n) is 3.79. The Labute approximate surface area is 185 Å². The normalized spacial score (nSPS) is 14.3. The fourth-order valence-corrected chi connectivity index (χ4v) is 3.79. The van der Waals surface area contributed by atoms with Crippen LogP contribution >= 0.6 is 0 Å². The molecule has 0 saturated carbocycles. The highest BCUT2D eigenvalue weighted by Gasteiger charge is 2.25. The van der Waals surface area contributed by atoms with Crippen molar-refractivity contribution in [3.05, 3.63) is 41.0 Å². The molecule has 1 amide bonds. The quantitative estimate of drug-likeness (QED) is 0.628. The van der Waals surface area contributed by atoms with Crippen LogP contribution in [0.5, 0.6) is 28.7 Å². The number of hydrogen-bond donors (Lipinski definition) is 0. The second-order valence-corrected chi connectivity index (χ2v) is 7.32. The number of fused-ring (bicyclic) bond motifs is 2. The molecule has 9 nitrogen and oxygen atoms in total. The molecule has 4 rings (SSSR count). The van der Waals surface area contributed by atoms with Gasteiger partial charge in [0, 0.05) is 13.1 Å². The number of amides is 1. The minimum Gasteiger partial charge on any atom is -0.493 e. The van der Waals surface area contributed by atoms with Crippen LogP contribution in [-0.2, 0) is 22.5 Å². The molecule has 2 aromatic rings. The fraction of sp³-hybridized carbons (Fsp3) is 0.391. The van der Waals surface area contributed by atoms with Gasteiger partial charge >= 0.3 is 5.97 Å². The van der Waals surface area contributed by atoms with Gasteiger partial charge in [0.1, 0.15) is 13.2 Å². The molecule has 0 radical (unpaired) electrons. The van der Waals surface area contributed by atoms with Crippen LogP contribution in [0.3, 0.4) is 0 Å². The lowest BCUT2D eigenvalue weighted by molar-refractivity contribution is -0.135. The molecule has 0 atom stereocenters. The number of carbonyl (C=O) groups is 2. The van der Waals surface area contributed by atoms with Gasteiger partial charge in [-0.1, -0.05) is 0 Å². The largest absolute Gasteiger partial charge is 0.493 e. The van der Waals surface area contributed by atoms with Gasteiger partial charge in [0.2, 0.25) is 5.75 Å². The number of ether oxygens (including phenoxy) is 6. The number of esters is 1. The van der Waals surface area contributed by atoms with E-state index in [4.69, 9.17) is 28.4 Å². The van der Waals surface area contributed by atoms with Crippen molar-refractivity contribution in [3.8, 4) is 28.7 Å². The molecule has 2 aromatic carbocycles. The summed E-state index contributed by atoms with van der Waals surface area (Å²) in [4.78, 5) is 26.9.